The summed E-state index contributed by atoms with van der Waals surface area (Å²) in [6.07, 6.45) is 3.43. The van der Waals surface area contributed by atoms with Gasteiger partial charge < -0.3 is 9.90 Å². The molecule has 0 saturated carbocycles. The van der Waals surface area contributed by atoms with Crippen LogP contribution in [0.3, 0.4) is 0 Å². The van der Waals surface area contributed by atoms with E-state index in [-0.39, 0.29) is 11.5 Å². The van der Waals surface area contributed by atoms with Crippen molar-refractivity contribution in [1.82, 2.24) is 4.98 Å². The number of fused-ring (bicyclic) bond motifs is 2. The van der Waals surface area contributed by atoms with Crippen LogP contribution in [0.4, 0.5) is 0 Å². The monoisotopic (exact) mass is 396 g/mol. The molecule has 1 aliphatic rings. The Bertz CT molecular complexity index is 1100. The van der Waals surface area contributed by atoms with Gasteiger partial charge in [-0.25, -0.2) is 4.98 Å². The van der Waals surface area contributed by atoms with Gasteiger partial charge in [0.05, 0.1) is 17.2 Å². The summed E-state index contributed by atoms with van der Waals surface area (Å²) in [4.78, 5) is 16.7. The van der Waals surface area contributed by atoms with Gasteiger partial charge in [-0.1, -0.05) is 54.4 Å². The molecule has 0 amide bonds. The molecule has 3 nitrogen and oxygen atoms in total. The smallest absolute Gasteiger partial charge is 0.0725 e. The number of hydrogen-bond donors (Lipinski definition) is 0. The van der Waals surface area contributed by atoms with Gasteiger partial charge in [0.2, 0.25) is 0 Å². The van der Waals surface area contributed by atoms with Crippen LogP contribution in [0, 0.1) is 5.92 Å². The zero-order valence-electron chi connectivity index (χ0n) is 14.6. The number of hydrogen-bond acceptors (Lipinski definition) is 3. The van der Waals surface area contributed by atoms with Gasteiger partial charge in [-0.2, -0.15) is 0 Å². The Balaban J connectivity index is 1.99. The van der Waals surface area contributed by atoms with Crippen molar-refractivity contribution in [1.29, 1.82) is 0 Å². The van der Waals surface area contributed by atoms with E-state index in [4.69, 9.17) is 28.2 Å². The van der Waals surface area contributed by atoms with E-state index in [2.05, 4.69) is 6.92 Å². The number of carboxylic acids is 1. The number of aromatic carboxylic acids is 1. The number of nitrogens with zero attached hydrogens (tertiary/aromatic N) is 1. The van der Waals surface area contributed by atoms with Gasteiger partial charge in [0.15, 0.2) is 0 Å². The Morgan fingerprint density at radius 1 is 1.19 bits per heavy atom. The molecule has 5 heteroatoms. The molecule has 3 aromatic rings. The molecule has 2 aromatic carbocycles. The number of rotatable bonds is 2. The van der Waals surface area contributed by atoms with Crippen LogP contribution in [0.2, 0.25) is 10.0 Å². The van der Waals surface area contributed by atoms with Crippen LogP contribution < -0.4 is 5.11 Å². The highest BCUT2D eigenvalue weighted by Gasteiger charge is 2.25. The average molecular weight is 397 g/mol. The van der Waals surface area contributed by atoms with Crippen molar-refractivity contribution in [3.8, 4) is 0 Å². The second-order valence-electron chi connectivity index (χ2n) is 6.97. The number of carboxylic acid groups (broad SMARTS) is 1. The SMILES string of the molecule is C[C@H]1C/C(=C\c2ccc(Cl)cc2Cl)c2nc3ccccc3c(C(=O)[O-])c2C1. The highest BCUT2D eigenvalue weighted by Crippen LogP contribution is 2.39. The van der Waals surface area contributed by atoms with Crippen LogP contribution in [0.5, 0.6) is 0 Å². The first-order valence-electron chi connectivity index (χ1n) is 8.73. The number of pyridine rings is 1. The quantitative estimate of drug-likeness (QED) is 0.610. The summed E-state index contributed by atoms with van der Waals surface area (Å²) in [5, 5.41) is 13.7. The van der Waals surface area contributed by atoms with Crippen LogP contribution in [-0.2, 0) is 6.42 Å². The third-order valence-corrected chi connectivity index (χ3v) is 5.48. The van der Waals surface area contributed by atoms with Gasteiger partial charge in [-0.15, -0.1) is 0 Å². The maximum Gasteiger partial charge on any atom is 0.0725 e. The maximum absolute atomic E-state index is 12.0. The van der Waals surface area contributed by atoms with Crippen molar-refractivity contribution in [2.24, 2.45) is 5.92 Å². The Morgan fingerprint density at radius 2 is 1.96 bits per heavy atom. The van der Waals surface area contributed by atoms with Crippen molar-refractivity contribution in [3.63, 3.8) is 0 Å². The second kappa shape index (κ2) is 6.99. The Morgan fingerprint density at radius 3 is 2.70 bits per heavy atom. The molecule has 0 saturated heterocycles. The molecule has 1 aromatic heterocycles. The molecule has 0 bridgehead atoms. The van der Waals surface area contributed by atoms with E-state index in [0.29, 0.717) is 27.4 Å². The fraction of sp³-hybridized carbons (Fsp3) is 0.182. The summed E-state index contributed by atoms with van der Waals surface area (Å²) in [5.41, 5.74) is 4.16. The lowest BCUT2D eigenvalue weighted by molar-refractivity contribution is -0.254. The Hall–Kier alpha value is -2.36. The molecule has 0 unspecified atom stereocenters. The highest BCUT2D eigenvalue weighted by atomic mass is 35.5. The van der Waals surface area contributed by atoms with Gasteiger partial charge in [0.25, 0.3) is 0 Å². The van der Waals surface area contributed by atoms with Gasteiger partial charge in [0, 0.05) is 21.0 Å². The molecular weight excluding hydrogens is 381 g/mol. The van der Waals surface area contributed by atoms with E-state index in [1.807, 2.05) is 30.3 Å². The number of carbonyl (C=O) groups excluding carboxylic acids is 1. The topological polar surface area (TPSA) is 53.0 Å². The number of aromatic nitrogens is 1. The predicted molar refractivity (Wildman–Crippen MR) is 108 cm³/mol. The maximum atomic E-state index is 12.0. The first-order chi connectivity index (χ1) is 12.9. The summed E-state index contributed by atoms with van der Waals surface area (Å²) < 4.78 is 0. The van der Waals surface area contributed by atoms with Gasteiger partial charge in [-0.3, -0.25) is 0 Å². The molecule has 136 valence electrons. The standard InChI is InChI=1S/C22H17Cl2NO2/c1-12-8-14(10-13-6-7-15(23)11-18(13)24)21-17(9-12)20(22(26)27)16-4-2-3-5-19(16)25-21/h2-7,10-12H,8-9H2,1H3,(H,26,27)/p-1/b14-10+/t12-/m0/s1. The molecule has 0 aliphatic heterocycles. The number of halogens is 2. The van der Waals surface area contributed by atoms with Crippen LogP contribution in [0.15, 0.2) is 42.5 Å². The summed E-state index contributed by atoms with van der Waals surface area (Å²) in [6.45, 7) is 2.11. The summed E-state index contributed by atoms with van der Waals surface area (Å²) in [7, 11) is 0. The zero-order chi connectivity index (χ0) is 19.1. The van der Waals surface area contributed by atoms with E-state index in [1.54, 1.807) is 18.2 Å². The predicted octanol–water partition coefficient (Wildman–Crippen LogP) is 5.03. The summed E-state index contributed by atoms with van der Waals surface area (Å²) >= 11 is 12.3. The summed E-state index contributed by atoms with van der Waals surface area (Å²) in [5.74, 6) is -0.876. The molecule has 1 heterocycles. The van der Waals surface area contributed by atoms with E-state index in [9.17, 15) is 9.90 Å². The first kappa shape index (κ1) is 18.0. The number of allylic oxidation sites excluding steroid dienone is 1. The molecular formula is C22H16Cl2NO2-. The lowest BCUT2D eigenvalue weighted by atomic mass is 9.80. The lowest BCUT2D eigenvalue weighted by Crippen LogP contribution is -2.27. The van der Waals surface area contributed by atoms with Gasteiger partial charge >= 0.3 is 0 Å². The Kier molecular flexibility index (Phi) is 4.67. The van der Waals surface area contributed by atoms with E-state index < -0.39 is 5.97 Å². The van der Waals surface area contributed by atoms with Gasteiger partial charge in [-0.05, 0) is 59.7 Å². The third kappa shape index (κ3) is 3.33. The van der Waals surface area contributed by atoms with Crippen LogP contribution >= 0.6 is 23.2 Å². The minimum absolute atomic E-state index is 0.246. The van der Waals surface area contributed by atoms with E-state index in [1.165, 1.54) is 0 Å². The van der Waals surface area contributed by atoms with Crippen LogP contribution in [0.25, 0.3) is 22.6 Å². The van der Waals surface area contributed by atoms with Crippen LogP contribution in [-0.4, -0.2) is 11.0 Å². The molecule has 1 aliphatic carbocycles. The van der Waals surface area contributed by atoms with E-state index >= 15 is 0 Å². The average Bonchev–Trinajstić information content (AvgIpc) is 2.62. The molecule has 0 radical (unpaired) electrons. The molecule has 1 atom stereocenters. The Labute approximate surface area is 167 Å². The van der Waals surface area contributed by atoms with E-state index in [0.717, 1.165) is 28.8 Å². The molecule has 0 N–H and O–H groups in total. The number of carbonyl (C=O) groups is 1. The fourth-order valence-electron chi connectivity index (χ4n) is 3.78. The number of para-hydroxylation sites is 1. The molecule has 0 fully saturated rings. The van der Waals surface area contributed by atoms with Crippen molar-refractivity contribution < 1.29 is 9.90 Å². The van der Waals surface area contributed by atoms with Crippen molar-refractivity contribution in [2.45, 2.75) is 19.8 Å². The minimum atomic E-state index is -1.16. The summed E-state index contributed by atoms with van der Waals surface area (Å²) in [6, 6.07) is 12.6. The second-order valence-corrected chi connectivity index (χ2v) is 7.81. The highest BCUT2D eigenvalue weighted by molar-refractivity contribution is 6.35. The van der Waals surface area contributed by atoms with Crippen molar-refractivity contribution in [3.05, 3.63) is 74.9 Å². The van der Waals surface area contributed by atoms with Gasteiger partial charge in [0.1, 0.15) is 0 Å². The number of benzene rings is 2. The molecule has 0 spiro atoms. The lowest BCUT2D eigenvalue weighted by Gasteiger charge is -2.27. The third-order valence-electron chi connectivity index (χ3n) is 4.91. The van der Waals surface area contributed by atoms with Crippen LogP contribution in [0.1, 0.15) is 40.5 Å². The van der Waals surface area contributed by atoms with Crippen molar-refractivity contribution >= 4 is 51.7 Å². The fourth-order valence-corrected chi connectivity index (χ4v) is 4.24. The molecule has 27 heavy (non-hydrogen) atoms. The minimum Gasteiger partial charge on any atom is -0.545 e. The largest absolute Gasteiger partial charge is 0.545 e. The first-order valence-corrected chi connectivity index (χ1v) is 9.48. The zero-order valence-corrected chi connectivity index (χ0v) is 16.1. The van der Waals surface area contributed by atoms with Crippen molar-refractivity contribution in [2.75, 3.05) is 0 Å². The molecule has 4 rings (SSSR count). The normalized spacial score (nSPS) is 17.9.